The Morgan fingerprint density at radius 2 is 2.25 bits per heavy atom. The number of rotatable bonds is 3. The second-order valence-electron chi connectivity index (χ2n) is 6.34. The predicted molar refractivity (Wildman–Crippen MR) is 78.4 cm³/mol. The van der Waals surface area contributed by atoms with Gasteiger partial charge in [0.05, 0.1) is 6.04 Å². The van der Waals surface area contributed by atoms with Crippen LogP contribution in [0, 0.1) is 5.92 Å². The van der Waals surface area contributed by atoms with Crippen molar-refractivity contribution in [2.24, 2.45) is 5.92 Å². The predicted octanol–water partition coefficient (Wildman–Crippen LogP) is 2.58. The lowest BCUT2D eigenvalue weighted by Gasteiger charge is -2.35. The fraction of sp³-hybridized carbons (Fsp3) is 0.588. The van der Waals surface area contributed by atoms with E-state index in [0.717, 1.165) is 38.8 Å². The molecular weight excluding hydrogens is 248 g/mol. The molecule has 2 atom stereocenters. The number of carbonyl (C=O) groups excluding carboxylic acids is 1. The first kappa shape index (κ1) is 12.4. The maximum Gasteiger partial charge on any atom is 0.226 e. The van der Waals surface area contributed by atoms with Gasteiger partial charge in [-0.1, -0.05) is 25.1 Å². The zero-order chi connectivity index (χ0) is 13.7. The zero-order valence-electron chi connectivity index (χ0n) is 12.1. The van der Waals surface area contributed by atoms with Crippen LogP contribution in [0.15, 0.2) is 18.2 Å². The second-order valence-corrected chi connectivity index (χ2v) is 6.34. The fourth-order valence-corrected chi connectivity index (χ4v) is 3.98. The Morgan fingerprint density at radius 1 is 1.40 bits per heavy atom. The highest BCUT2D eigenvalue weighted by Crippen LogP contribution is 2.47. The van der Waals surface area contributed by atoms with Gasteiger partial charge in [-0.2, -0.15) is 0 Å². The van der Waals surface area contributed by atoms with Crippen molar-refractivity contribution in [1.29, 1.82) is 0 Å². The lowest BCUT2D eigenvalue weighted by atomic mass is 9.93. The minimum Gasteiger partial charge on any atom is -0.335 e. The minimum absolute atomic E-state index is 0.326. The third-order valence-corrected chi connectivity index (χ3v) is 5.06. The lowest BCUT2D eigenvalue weighted by molar-refractivity contribution is -0.135. The number of carbonyl (C=O) groups is 1. The van der Waals surface area contributed by atoms with Gasteiger partial charge >= 0.3 is 0 Å². The summed E-state index contributed by atoms with van der Waals surface area (Å²) < 4.78 is 0. The molecule has 1 amide bonds. The fourth-order valence-electron chi connectivity index (χ4n) is 3.98. The minimum atomic E-state index is 0.326. The van der Waals surface area contributed by atoms with E-state index >= 15 is 0 Å². The third-order valence-electron chi connectivity index (χ3n) is 5.06. The summed E-state index contributed by atoms with van der Waals surface area (Å²) in [4.78, 5) is 14.7. The average Bonchev–Trinajstić information content (AvgIpc) is 3.25. The van der Waals surface area contributed by atoms with Crippen LogP contribution in [0.3, 0.4) is 0 Å². The topological polar surface area (TPSA) is 32.3 Å². The SMILES string of the molecule is CCNC1CC2c3c(cccc31)CCN2C(=O)C1CC1. The molecule has 0 spiro atoms. The number of amides is 1. The molecule has 2 unspecified atom stereocenters. The van der Waals surface area contributed by atoms with Crippen LogP contribution in [-0.4, -0.2) is 23.9 Å². The van der Waals surface area contributed by atoms with E-state index in [4.69, 9.17) is 0 Å². The van der Waals surface area contributed by atoms with Crippen molar-refractivity contribution >= 4 is 5.91 Å². The highest BCUT2D eigenvalue weighted by Gasteiger charge is 2.43. The molecule has 1 saturated carbocycles. The molecule has 20 heavy (non-hydrogen) atoms. The summed E-state index contributed by atoms with van der Waals surface area (Å²) in [6.07, 6.45) is 4.29. The van der Waals surface area contributed by atoms with Crippen molar-refractivity contribution in [2.75, 3.05) is 13.1 Å². The van der Waals surface area contributed by atoms with E-state index in [2.05, 4.69) is 35.3 Å². The highest BCUT2D eigenvalue weighted by molar-refractivity contribution is 5.82. The molecule has 0 radical (unpaired) electrons. The van der Waals surface area contributed by atoms with Crippen molar-refractivity contribution in [2.45, 2.75) is 44.7 Å². The van der Waals surface area contributed by atoms with Gasteiger partial charge in [-0.3, -0.25) is 4.79 Å². The van der Waals surface area contributed by atoms with E-state index in [1.807, 2.05) is 0 Å². The zero-order valence-corrected chi connectivity index (χ0v) is 12.1. The van der Waals surface area contributed by atoms with E-state index in [0.29, 0.717) is 23.9 Å². The molecule has 1 N–H and O–H groups in total. The van der Waals surface area contributed by atoms with Gasteiger partial charge < -0.3 is 10.2 Å². The van der Waals surface area contributed by atoms with Crippen LogP contribution >= 0.6 is 0 Å². The molecule has 0 bridgehead atoms. The summed E-state index contributed by atoms with van der Waals surface area (Å²) in [5, 5.41) is 3.59. The number of benzene rings is 1. The average molecular weight is 270 g/mol. The molecule has 0 saturated heterocycles. The van der Waals surface area contributed by atoms with Crippen LogP contribution < -0.4 is 5.32 Å². The quantitative estimate of drug-likeness (QED) is 0.915. The first-order valence-electron chi connectivity index (χ1n) is 7.95. The summed E-state index contributed by atoms with van der Waals surface area (Å²) >= 11 is 0. The molecule has 4 rings (SSSR count). The molecule has 1 heterocycles. The maximum absolute atomic E-state index is 12.5. The van der Waals surface area contributed by atoms with Crippen LogP contribution in [0.5, 0.6) is 0 Å². The highest BCUT2D eigenvalue weighted by atomic mass is 16.2. The maximum atomic E-state index is 12.5. The van der Waals surface area contributed by atoms with Gasteiger partial charge in [0.2, 0.25) is 5.91 Å². The summed E-state index contributed by atoms with van der Waals surface area (Å²) in [5.74, 6) is 0.745. The Kier molecular flexibility index (Phi) is 2.84. The molecular formula is C17H22N2O. The van der Waals surface area contributed by atoms with Crippen molar-refractivity contribution in [3.05, 3.63) is 34.9 Å². The first-order valence-corrected chi connectivity index (χ1v) is 7.95. The van der Waals surface area contributed by atoms with E-state index in [9.17, 15) is 4.79 Å². The third kappa shape index (κ3) is 1.80. The number of nitrogens with one attached hydrogen (secondary N) is 1. The molecule has 0 aromatic heterocycles. The van der Waals surface area contributed by atoms with Crippen molar-refractivity contribution in [3.8, 4) is 0 Å². The van der Waals surface area contributed by atoms with E-state index in [1.165, 1.54) is 16.7 Å². The first-order chi connectivity index (χ1) is 9.79. The largest absolute Gasteiger partial charge is 0.335 e. The molecule has 3 aliphatic rings. The van der Waals surface area contributed by atoms with Gasteiger partial charge in [-0.25, -0.2) is 0 Å². The van der Waals surface area contributed by atoms with Crippen molar-refractivity contribution in [1.82, 2.24) is 10.2 Å². The van der Waals surface area contributed by atoms with Gasteiger partial charge in [0, 0.05) is 18.5 Å². The number of hydrogen-bond acceptors (Lipinski definition) is 2. The van der Waals surface area contributed by atoms with Crippen molar-refractivity contribution in [3.63, 3.8) is 0 Å². The molecule has 3 heteroatoms. The van der Waals surface area contributed by atoms with E-state index in [-0.39, 0.29) is 0 Å². The van der Waals surface area contributed by atoms with Gasteiger partial charge in [-0.15, -0.1) is 0 Å². The summed E-state index contributed by atoms with van der Waals surface area (Å²) in [6.45, 7) is 4.05. The van der Waals surface area contributed by atoms with Gasteiger partial charge in [-0.05, 0) is 48.9 Å². The molecule has 1 aromatic rings. The molecule has 1 aromatic carbocycles. The molecule has 3 nitrogen and oxygen atoms in total. The van der Waals surface area contributed by atoms with E-state index < -0.39 is 0 Å². The summed E-state index contributed by atoms with van der Waals surface area (Å²) in [7, 11) is 0. The lowest BCUT2D eigenvalue weighted by Crippen LogP contribution is -2.40. The Balaban J connectivity index is 1.71. The smallest absolute Gasteiger partial charge is 0.226 e. The van der Waals surface area contributed by atoms with Crippen LogP contribution in [-0.2, 0) is 11.2 Å². The molecule has 1 aliphatic heterocycles. The Bertz CT molecular complexity index is 550. The summed E-state index contributed by atoms with van der Waals surface area (Å²) in [5.41, 5.74) is 4.36. The summed E-state index contributed by atoms with van der Waals surface area (Å²) in [6, 6.07) is 7.43. The Labute approximate surface area is 120 Å². The van der Waals surface area contributed by atoms with Crippen LogP contribution in [0.4, 0.5) is 0 Å². The van der Waals surface area contributed by atoms with Gasteiger partial charge in [0.15, 0.2) is 0 Å². The number of hydrogen-bond donors (Lipinski definition) is 1. The van der Waals surface area contributed by atoms with E-state index in [1.54, 1.807) is 0 Å². The van der Waals surface area contributed by atoms with Crippen LogP contribution in [0.2, 0.25) is 0 Å². The standard InChI is InChI=1S/C17H22N2O/c1-2-18-14-10-15-16-11(4-3-5-13(14)16)8-9-19(15)17(20)12-6-7-12/h3-5,12,14-15,18H,2,6-10H2,1H3. The van der Waals surface area contributed by atoms with Crippen molar-refractivity contribution < 1.29 is 4.79 Å². The second kappa shape index (κ2) is 4.59. The normalized spacial score (nSPS) is 27.6. The molecule has 106 valence electrons. The molecule has 2 aliphatic carbocycles. The van der Waals surface area contributed by atoms with Crippen LogP contribution in [0.1, 0.15) is 55.0 Å². The molecule has 1 fully saturated rings. The Morgan fingerprint density at radius 3 is 3.00 bits per heavy atom. The Hall–Kier alpha value is -1.35. The van der Waals surface area contributed by atoms with Crippen LogP contribution in [0.25, 0.3) is 0 Å². The van der Waals surface area contributed by atoms with Gasteiger partial charge in [0.25, 0.3) is 0 Å². The van der Waals surface area contributed by atoms with Gasteiger partial charge in [0.1, 0.15) is 0 Å². The number of nitrogens with zero attached hydrogens (tertiary/aromatic N) is 1. The monoisotopic (exact) mass is 270 g/mol.